The van der Waals surface area contributed by atoms with E-state index in [4.69, 9.17) is 0 Å². The molecule has 1 aliphatic rings. The first kappa shape index (κ1) is 17.2. The normalized spacial score (nSPS) is 22.5. The Labute approximate surface area is 113 Å². The van der Waals surface area contributed by atoms with Crippen LogP contribution >= 0.6 is 0 Å². The van der Waals surface area contributed by atoms with Gasteiger partial charge < -0.3 is 0 Å². The average Bonchev–Trinajstić information content (AvgIpc) is 2.29. The summed E-state index contributed by atoms with van der Waals surface area (Å²) in [5.41, 5.74) is 1.68. The van der Waals surface area contributed by atoms with Crippen molar-refractivity contribution in [3.8, 4) is 0 Å². The summed E-state index contributed by atoms with van der Waals surface area (Å²) in [4.78, 5) is 0. The molecule has 1 aliphatic carbocycles. The van der Waals surface area contributed by atoms with Gasteiger partial charge in [0.1, 0.15) is 5.82 Å². The smallest absolute Gasteiger partial charge is 0.126 e. The van der Waals surface area contributed by atoms with E-state index in [0.29, 0.717) is 5.56 Å². The van der Waals surface area contributed by atoms with Gasteiger partial charge in [0.25, 0.3) is 0 Å². The molecule has 0 radical (unpaired) electrons. The summed E-state index contributed by atoms with van der Waals surface area (Å²) in [5.74, 6) is 1.92. The fourth-order valence-electron chi connectivity index (χ4n) is 2.12. The van der Waals surface area contributed by atoms with Crippen molar-refractivity contribution in [1.82, 2.24) is 0 Å². The van der Waals surface area contributed by atoms with Crippen molar-refractivity contribution >= 4 is 0 Å². The third-order valence-corrected chi connectivity index (χ3v) is 3.63. The molecule has 1 heteroatoms. The number of benzene rings is 1. The highest BCUT2D eigenvalue weighted by Crippen LogP contribution is 2.27. The van der Waals surface area contributed by atoms with Crippen molar-refractivity contribution in [2.24, 2.45) is 11.8 Å². The summed E-state index contributed by atoms with van der Waals surface area (Å²) < 4.78 is 12.6. The number of hydrogen-bond donors (Lipinski definition) is 0. The van der Waals surface area contributed by atoms with Gasteiger partial charge >= 0.3 is 0 Å². The lowest BCUT2D eigenvalue weighted by atomic mass is 9.84. The molecule has 0 saturated heterocycles. The Kier molecular flexibility index (Phi) is 7.90. The zero-order chi connectivity index (χ0) is 12.8. The van der Waals surface area contributed by atoms with Gasteiger partial charge in [-0.2, -0.15) is 0 Å². The molecule has 18 heavy (non-hydrogen) atoms. The van der Waals surface area contributed by atoms with Crippen molar-refractivity contribution < 1.29 is 4.39 Å². The molecule has 2 rings (SSSR count). The molecule has 0 amide bonds. The maximum Gasteiger partial charge on any atom is 0.126 e. The Bertz CT molecular complexity index is 325. The van der Waals surface area contributed by atoms with E-state index in [1.807, 2.05) is 13.0 Å². The molecule has 0 nitrogen and oxygen atoms in total. The van der Waals surface area contributed by atoms with E-state index in [0.717, 1.165) is 17.4 Å². The fourth-order valence-corrected chi connectivity index (χ4v) is 2.12. The molecular formula is C17H29F. The van der Waals surface area contributed by atoms with Gasteiger partial charge in [0, 0.05) is 0 Å². The van der Waals surface area contributed by atoms with Crippen LogP contribution in [-0.4, -0.2) is 0 Å². The van der Waals surface area contributed by atoms with Gasteiger partial charge in [0.2, 0.25) is 0 Å². The van der Waals surface area contributed by atoms with E-state index >= 15 is 0 Å². The van der Waals surface area contributed by atoms with Crippen LogP contribution < -0.4 is 0 Å². The molecule has 1 aromatic carbocycles. The molecule has 0 aromatic heterocycles. The Balaban J connectivity index is 0.000000306. The van der Waals surface area contributed by atoms with Gasteiger partial charge in [0.15, 0.2) is 0 Å². The molecule has 0 atom stereocenters. The van der Waals surface area contributed by atoms with Crippen LogP contribution in [0.15, 0.2) is 18.2 Å². The summed E-state index contributed by atoms with van der Waals surface area (Å²) in [6.45, 7) is 8.37. The van der Waals surface area contributed by atoms with E-state index in [9.17, 15) is 4.39 Å². The van der Waals surface area contributed by atoms with Gasteiger partial charge in [0.05, 0.1) is 0 Å². The van der Waals surface area contributed by atoms with E-state index in [1.54, 1.807) is 13.0 Å². The highest BCUT2D eigenvalue weighted by atomic mass is 19.1. The zero-order valence-corrected chi connectivity index (χ0v) is 11.6. The van der Waals surface area contributed by atoms with Gasteiger partial charge in [-0.3, -0.25) is 0 Å². The minimum atomic E-state index is -0.116. The maximum absolute atomic E-state index is 12.6. The largest absolute Gasteiger partial charge is 0.207 e. The maximum atomic E-state index is 12.6. The van der Waals surface area contributed by atoms with Crippen LogP contribution in [0.1, 0.15) is 58.1 Å². The topological polar surface area (TPSA) is 0 Å². The van der Waals surface area contributed by atoms with Crippen molar-refractivity contribution in [3.63, 3.8) is 0 Å². The minimum absolute atomic E-state index is 0. The van der Waals surface area contributed by atoms with E-state index in [-0.39, 0.29) is 13.2 Å². The lowest BCUT2D eigenvalue weighted by Crippen LogP contribution is -2.08. The Morgan fingerprint density at radius 2 is 1.39 bits per heavy atom. The first-order valence-electron chi connectivity index (χ1n) is 6.71. The molecule has 0 N–H and O–H groups in total. The molecule has 0 unspecified atom stereocenters. The first-order valence-corrected chi connectivity index (χ1v) is 6.71. The van der Waals surface area contributed by atoms with Crippen LogP contribution in [0.2, 0.25) is 0 Å². The van der Waals surface area contributed by atoms with Crippen LogP contribution in [0, 0.1) is 31.5 Å². The molecule has 104 valence electrons. The van der Waals surface area contributed by atoms with Crippen molar-refractivity contribution in [2.75, 3.05) is 0 Å². The molecule has 1 fully saturated rings. The van der Waals surface area contributed by atoms with Gasteiger partial charge in [-0.05, 0) is 42.9 Å². The van der Waals surface area contributed by atoms with E-state index in [1.165, 1.54) is 31.7 Å². The minimum Gasteiger partial charge on any atom is -0.207 e. The van der Waals surface area contributed by atoms with Gasteiger partial charge in [-0.25, -0.2) is 4.39 Å². The van der Waals surface area contributed by atoms with Crippen LogP contribution in [-0.2, 0) is 0 Å². The number of rotatable bonds is 0. The predicted molar refractivity (Wildman–Crippen MR) is 79.4 cm³/mol. The number of aryl methyl sites for hydroxylation is 2. The monoisotopic (exact) mass is 252 g/mol. The van der Waals surface area contributed by atoms with Crippen LogP contribution in [0.4, 0.5) is 4.39 Å². The van der Waals surface area contributed by atoms with E-state index in [2.05, 4.69) is 13.8 Å². The average molecular weight is 252 g/mol. The third-order valence-electron chi connectivity index (χ3n) is 3.63. The second kappa shape index (κ2) is 8.29. The molecule has 1 saturated carbocycles. The second-order valence-corrected chi connectivity index (χ2v) is 5.62. The van der Waals surface area contributed by atoms with Crippen LogP contribution in [0.5, 0.6) is 0 Å². The van der Waals surface area contributed by atoms with Crippen LogP contribution in [0.3, 0.4) is 0 Å². The molecule has 1 aromatic rings. The summed E-state index contributed by atoms with van der Waals surface area (Å²) in [7, 11) is 0. The number of halogens is 1. The third kappa shape index (κ3) is 6.18. The summed E-state index contributed by atoms with van der Waals surface area (Å²) in [6, 6.07) is 5.22. The van der Waals surface area contributed by atoms with Crippen molar-refractivity contribution in [1.29, 1.82) is 0 Å². The lowest BCUT2D eigenvalue weighted by molar-refractivity contribution is 0.308. The Hall–Kier alpha value is -0.850. The highest BCUT2D eigenvalue weighted by Gasteiger charge is 2.13. The SMILES string of the molecule is C.CC1CCC(C)CC1.Cc1ccc(C)c(F)c1. The molecular weight excluding hydrogens is 223 g/mol. The molecule has 0 bridgehead atoms. The van der Waals surface area contributed by atoms with Gasteiger partial charge in [-0.1, -0.05) is 59.1 Å². The Morgan fingerprint density at radius 3 is 1.72 bits per heavy atom. The predicted octanol–water partition coefficient (Wildman–Crippen LogP) is 5.91. The summed E-state index contributed by atoms with van der Waals surface area (Å²) in [6.07, 6.45) is 5.89. The quantitative estimate of drug-likeness (QED) is 0.538. The lowest BCUT2D eigenvalue weighted by Gasteiger charge is -2.22. The highest BCUT2D eigenvalue weighted by molar-refractivity contribution is 5.21. The first-order chi connectivity index (χ1) is 7.99. The number of hydrogen-bond acceptors (Lipinski definition) is 0. The molecule has 0 heterocycles. The standard InChI is InChI=1S/C8H9F.C8H16.CH4/c1-6-3-4-7(2)8(9)5-6;1-7-3-5-8(2)6-4-7;/h3-5H,1-2H3;7-8H,3-6H2,1-2H3;1H4. The van der Waals surface area contributed by atoms with Gasteiger partial charge in [-0.15, -0.1) is 0 Å². The van der Waals surface area contributed by atoms with Crippen LogP contribution in [0.25, 0.3) is 0 Å². The molecule has 0 aliphatic heterocycles. The fraction of sp³-hybridized carbons (Fsp3) is 0.647. The van der Waals surface area contributed by atoms with E-state index < -0.39 is 0 Å². The van der Waals surface area contributed by atoms with Crippen molar-refractivity contribution in [3.05, 3.63) is 35.1 Å². The van der Waals surface area contributed by atoms with Crippen molar-refractivity contribution in [2.45, 2.75) is 60.8 Å². The Morgan fingerprint density at radius 1 is 0.944 bits per heavy atom. The zero-order valence-electron chi connectivity index (χ0n) is 11.6. The summed E-state index contributed by atoms with van der Waals surface area (Å²) in [5, 5.41) is 0. The molecule has 0 spiro atoms. The summed E-state index contributed by atoms with van der Waals surface area (Å²) >= 11 is 0. The second-order valence-electron chi connectivity index (χ2n) is 5.62.